The molecule has 7 nitrogen and oxygen atoms in total. The van der Waals surface area contributed by atoms with Crippen molar-refractivity contribution in [1.82, 2.24) is 24.1 Å². The molecule has 4 heterocycles. The Balaban J connectivity index is 1.45. The lowest BCUT2D eigenvalue weighted by Gasteiger charge is -2.27. The number of pyridine rings is 1. The number of aromatic nitrogens is 5. The summed E-state index contributed by atoms with van der Waals surface area (Å²) < 4.78 is 10.7. The second-order valence-corrected chi connectivity index (χ2v) is 8.54. The quantitative estimate of drug-likeness (QED) is 0.413. The number of nitrogens with zero attached hydrogens (tertiary/aromatic N) is 6. The van der Waals surface area contributed by atoms with Gasteiger partial charge in [0.1, 0.15) is 5.65 Å². The highest BCUT2D eigenvalue weighted by Crippen LogP contribution is 2.29. The third kappa shape index (κ3) is 3.90. The van der Waals surface area contributed by atoms with Crippen molar-refractivity contribution in [3.63, 3.8) is 0 Å². The Labute approximate surface area is 180 Å². The van der Waals surface area contributed by atoms with E-state index < -0.39 is 0 Å². The Kier molecular flexibility index (Phi) is 5.26. The average molecular weight is 471 g/mol. The van der Waals surface area contributed by atoms with Gasteiger partial charge in [0, 0.05) is 35.7 Å². The largest absolute Gasteiger partial charge is 0.378 e. The molecule has 0 radical (unpaired) electrons. The van der Waals surface area contributed by atoms with E-state index in [-0.39, 0.29) is 0 Å². The highest BCUT2D eigenvalue weighted by molar-refractivity contribution is 9.10. The molecule has 1 saturated heterocycles. The fourth-order valence-electron chi connectivity index (χ4n) is 3.35. The van der Waals surface area contributed by atoms with Crippen LogP contribution in [0.2, 0.25) is 0 Å². The van der Waals surface area contributed by atoms with Gasteiger partial charge in [-0.1, -0.05) is 30.0 Å². The lowest BCUT2D eigenvalue weighted by Crippen LogP contribution is -2.37. The Morgan fingerprint density at radius 3 is 2.66 bits per heavy atom. The van der Waals surface area contributed by atoms with Gasteiger partial charge >= 0.3 is 0 Å². The average Bonchev–Trinajstić information content (AvgIpc) is 3.37. The molecule has 0 spiro atoms. The molecule has 0 atom stereocenters. The third-order valence-electron chi connectivity index (χ3n) is 4.74. The molecule has 148 valence electrons. The molecular formula is C20H19BrN6OS. The summed E-state index contributed by atoms with van der Waals surface area (Å²) in [6.45, 7) is 3.05. The minimum absolute atomic E-state index is 0.709. The fourth-order valence-corrected chi connectivity index (χ4v) is 4.54. The van der Waals surface area contributed by atoms with E-state index in [1.54, 1.807) is 11.8 Å². The molecule has 1 aromatic carbocycles. The molecule has 1 fully saturated rings. The lowest BCUT2D eigenvalue weighted by atomic mass is 10.3. The van der Waals surface area contributed by atoms with Crippen LogP contribution in [0.5, 0.6) is 0 Å². The summed E-state index contributed by atoms with van der Waals surface area (Å²) in [5.74, 6) is 1.58. The molecule has 1 aliphatic heterocycles. The van der Waals surface area contributed by atoms with Crippen LogP contribution in [0.1, 0.15) is 5.69 Å². The van der Waals surface area contributed by atoms with Crippen LogP contribution in [0.4, 0.5) is 5.95 Å². The maximum Gasteiger partial charge on any atom is 0.232 e. The van der Waals surface area contributed by atoms with Gasteiger partial charge in [-0.3, -0.25) is 4.57 Å². The molecule has 0 aliphatic carbocycles. The number of imidazole rings is 1. The van der Waals surface area contributed by atoms with Crippen LogP contribution in [0, 0.1) is 0 Å². The molecule has 0 amide bonds. The third-order valence-corrected chi connectivity index (χ3v) is 6.17. The van der Waals surface area contributed by atoms with E-state index in [4.69, 9.17) is 9.72 Å². The summed E-state index contributed by atoms with van der Waals surface area (Å²) in [6.07, 6.45) is 4.07. The predicted octanol–water partition coefficient (Wildman–Crippen LogP) is 3.81. The number of ether oxygens (including phenoxy) is 1. The Morgan fingerprint density at radius 2 is 1.83 bits per heavy atom. The van der Waals surface area contributed by atoms with Gasteiger partial charge in [-0.05, 0) is 40.2 Å². The van der Waals surface area contributed by atoms with Crippen molar-refractivity contribution in [3.05, 3.63) is 65.0 Å². The van der Waals surface area contributed by atoms with Crippen molar-refractivity contribution in [2.24, 2.45) is 0 Å². The van der Waals surface area contributed by atoms with Gasteiger partial charge in [0.25, 0.3) is 0 Å². The molecule has 4 aromatic rings. The number of para-hydroxylation sites is 1. The molecule has 0 bridgehead atoms. The van der Waals surface area contributed by atoms with E-state index in [1.807, 2.05) is 40.9 Å². The van der Waals surface area contributed by atoms with Crippen LogP contribution in [-0.4, -0.2) is 50.5 Å². The van der Waals surface area contributed by atoms with E-state index in [0.29, 0.717) is 19.0 Å². The number of rotatable bonds is 5. The minimum atomic E-state index is 0.709. The van der Waals surface area contributed by atoms with E-state index in [9.17, 15) is 0 Å². The number of morpholine rings is 1. The monoisotopic (exact) mass is 470 g/mol. The summed E-state index contributed by atoms with van der Waals surface area (Å²) in [5, 5.41) is 9.87. The summed E-state index contributed by atoms with van der Waals surface area (Å²) in [7, 11) is 0. The zero-order valence-corrected chi connectivity index (χ0v) is 18.0. The summed E-state index contributed by atoms with van der Waals surface area (Å²) >= 11 is 5.15. The number of benzene rings is 1. The Hall–Kier alpha value is -2.36. The van der Waals surface area contributed by atoms with Crippen LogP contribution >= 0.6 is 27.7 Å². The standard InChI is InChI=1S/C20H19BrN6OS/c21-15-6-7-18-22-16(13-26(18)12-15)14-29-20-24-23-19(25-8-10-28-11-9-25)27(20)17-4-2-1-3-5-17/h1-7,12-13H,8-11,14H2. The zero-order chi connectivity index (χ0) is 19.6. The molecule has 0 saturated carbocycles. The van der Waals surface area contributed by atoms with Crippen LogP contribution in [-0.2, 0) is 10.5 Å². The smallest absolute Gasteiger partial charge is 0.232 e. The maximum atomic E-state index is 5.50. The van der Waals surface area contributed by atoms with Crippen LogP contribution in [0.25, 0.3) is 11.3 Å². The highest BCUT2D eigenvalue weighted by Gasteiger charge is 2.22. The van der Waals surface area contributed by atoms with Gasteiger partial charge in [0.05, 0.1) is 24.6 Å². The normalized spacial score (nSPS) is 14.6. The van der Waals surface area contributed by atoms with Crippen molar-refractivity contribution >= 4 is 39.3 Å². The fraction of sp³-hybridized carbons (Fsp3) is 0.250. The molecule has 0 N–H and O–H groups in total. The molecule has 3 aromatic heterocycles. The SMILES string of the molecule is Brc1ccc2nc(CSc3nnc(N4CCOCC4)n3-c3ccccc3)cn2c1. The van der Waals surface area contributed by atoms with Crippen molar-refractivity contribution in [1.29, 1.82) is 0 Å². The molecule has 0 unspecified atom stereocenters. The second-order valence-electron chi connectivity index (χ2n) is 6.69. The number of halogens is 1. The van der Waals surface area contributed by atoms with Crippen LogP contribution < -0.4 is 4.90 Å². The first-order valence-electron chi connectivity index (χ1n) is 9.37. The topological polar surface area (TPSA) is 60.5 Å². The van der Waals surface area contributed by atoms with E-state index in [2.05, 4.69) is 53.9 Å². The highest BCUT2D eigenvalue weighted by atomic mass is 79.9. The summed E-state index contributed by atoms with van der Waals surface area (Å²) in [4.78, 5) is 6.94. The number of hydrogen-bond donors (Lipinski definition) is 0. The van der Waals surface area contributed by atoms with Gasteiger partial charge in [0.15, 0.2) is 5.16 Å². The van der Waals surface area contributed by atoms with E-state index in [1.165, 1.54) is 0 Å². The first-order chi connectivity index (χ1) is 14.3. The Morgan fingerprint density at radius 1 is 1.00 bits per heavy atom. The molecule has 29 heavy (non-hydrogen) atoms. The Bertz CT molecular complexity index is 1120. The van der Waals surface area contributed by atoms with Gasteiger partial charge in [-0.2, -0.15) is 0 Å². The van der Waals surface area contributed by atoms with E-state index in [0.717, 1.165) is 45.7 Å². The van der Waals surface area contributed by atoms with Crippen molar-refractivity contribution in [2.45, 2.75) is 10.9 Å². The maximum absolute atomic E-state index is 5.50. The molecule has 1 aliphatic rings. The van der Waals surface area contributed by atoms with Gasteiger partial charge in [-0.25, -0.2) is 4.98 Å². The van der Waals surface area contributed by atoms with Crippen molar-refractivity contribution in [3.8, 4) is 5.69 Å². The van der Waals surface area contributed by atoms with Crippen LogP contribution in [0.3, 0.4) is 0 Å². The van der Waals surface area contributed by atoms with Crippen molar-refractivity contribution in [2.75, 3.05) is 31.2 Å². The number of anilines is 1. The van der Waals surface area contributed by atoms with Gasteiger partial charge in [0.2, 0.25) is 5.95 Å². The first-order valence-corrected chi connectivity index (χ1v) is 11.2. The first kappa shape index (κ1) is 18.7. The van der Waals surface area contributed by atoms with Gasteiger partial charge < -0.3 is 14.0 Å². The minimum Gasteiger partial charge on any atom is -0.378 e. The molecule has 5 rings (SSSR count). The summed E-state index contributed by atoms with van der Waals surface area (Å²) in [5.41, 5.74) is 2.99. The predicted molar refractivity (Wildman–Crippen MR) is 117 cm³/mol. The molecular weight excluding hydrogens is 452 g/mol. The molecule has 9 heteroatoms. The van der Waals surface area contributed by atoms with Crippen LogP contribution in [0.15, 0.2) is 64.5 Å². The number of fused-ring (bicyclic) bond motifs is 1. The number of thioether (sulfide) groups is 1. The van der Waals surface area contributed by atoms with E-state index >= 15 is 0 Å². The lowest BCUT2D eigenvalue weighted by molar-refractivity contribution is 0.122. The van der Waals surface area contributed by atoms with Gasteiger partial charge in [-0.15, -0.1) is 10.2 Å². The van der Waals surface area contributed by atoms with Crippen molar-refractivity contribution < 1.29 is 4.74 Å². The number of hydrogen-bond acceptors (Lipinski definition) is 6. The second kappa shape index (κ2) is 8.17. The zero-order valence-electron chi connectivity index (χ0n) is 15.6. The summed E-state index contributed by atoms with van der Waals surface area (Å²) in [6, 6.07) is 14.3.